The van der Waals surface area contributed by atoms with Gasteiger partial charge in [-0.2, -0.15) is 0 Å². The average molecular weight is 564 g/mol. The van der Waals surface area contributed by atoms with Crippen LogP contribution < -0.4 is 20.7 Å². The van der Waals surface area contributed by atoms with Crippen LogP contribution in [0.15, 0.2) is 84.3 Å². The number of methoxy groups -OCH3 is 1. The number of benzene rings is 2. The highest BCUT2D eigenvalue weighted by Crippen LogP contribution is 2.16. The number of hydrogen-bond acceptors (Lipinski definition) is 6. The largest absolute Gasteiger partial charge is 0.497 e. The van der Waals surface area contributed by atoms with Gasteiger partial charge in [0.2, 0.25) is 11.8 Å². The van der Waals surface area contributed by atoms with Crippen molar-refractivity contribution in [3.63, 3.8) is 0 Å². The van der Waals surface area contributed by atoms with Crippen molar-refractivity contribution in [3.05, 3.63) is 94.7 Å². The fraction of sp³-hybridized carbons (Fsp3) is 0.323. The molecule has 1 aromatic heterocycles. The molecule has 0 aliphatic rings. The molecule has 0 bridgehead atoms. The van der Waals surface area contributed by atoms with Gasteiger partial charge in [0.05, 0.1) is 7.11 Å². The highest BCUT2D eigenvalue weighted by atomic mass is 32.1. The first-order chi connectivity index (χ1) is 19.1. The molecule has 0 saturated carbocycles. The number of rotatable bonds is 12. The maximum absolute atomic E-state index is 13.5. The van der Waals surface area contributed by atoms with E-state index in [1.54, 1.807) is 58.2 Å². The SMILES string of the molecule is COc1ccc(NC(=O)/C=C/[C@H](CCc2ccccc2)NC(=O)[C@H](Cc2cccs2)NC(=O)OC(C)(C)C)cc1. The fourth-order valence-electron chi connectivity index (χ4n) is 3.82. The number of alkyl carbamates (subject to hydrolysis) is 1. The first-order valence-electron chi connectivity index (χ1n) is 13.1. The van der Waals surface area contributed by atoms with E-state index in [1.165, 1.54) is 17.4 Å². The summed E-state index contributed by atoms with van der Waals surface area (Å²) in [6.45, 7) is 5.30. The Labute approximate surface area is 239 Å². The van der Waals surface area contributed by atoms with Gasteiger partial charge in [-0.3, -0.25) is 9.59 Å². The zero-order valence-corrected chi connectivity index (χ0v) is 24.1. The lowest BCUT2D eigenvalue weighted by molar-refractivity contribution is -0.123. The summed E-state index contributed by atoms with van der Waals surface area (Å²) in [7, 11) is 1.58. The lowest BCUT2D eigenvalue weighted by atomic mass is 10.0. The van der Waals surface area contributed by atoms with E-state index < -0.39 is 23.8 Å². The summed E-state index contributed by atoms with van der Waals surface area (Å²) in [4.78, 5) is 39.6. The maximum Gasteiger partial charge on any atom is 0.408 e. The summed E-state index contributed by atoms with van der Waals surface area (Å²) in [5, 5.41) is 10.5. The minimum Gasteiger partial charge on any atom is -0.497 e. The Kier molecular flexibility index (Phi) is 11.3. The van der Waals surface area contributed by atoms with Crippen molar-refractivity contribution >= 4 is 34.9 Å². The Morgan fingerprint density at radius 3 is 2.30 bits per heavy atom. The van der Waals surface area contributed by atoms with Crippen LogP contribution in [0.2, 0.25) is 0 Å². The second-order valence-electron chi connectivity index (χ2n) is 10.2. The third kappa shape index (κ3) is 10.9. The molecular weight excluding hydrogens is 526 g/mol. The zero-order valence-electron chi connectivity index (χ0n) is 23.3. The van der Waals surface area contributed by atoms with Crippen LogP contribution in [0.3, 0.4) is 0 Å². The minimum absolute atomic E-state index is 0.315. The number of amides is 3. The third-order valence-electron chi connectivity index (χ3n) is 5.74. The van der Waals surface area contributed by atoms with Crippen LogP contribution in [0.4, 0.5) is 10.5 Å². The van der Waals surface area contributed by atoms with Gasteiger partial charge in [-0.15, -0.1) is 11.3 Å². The lowest BCUT2D eigenvalue weighted by Gasteiger charge is -2.24. The molecule has 2 atom stereocenters. The van der Waals surface area contributed by atoms with Crippen molar-refractivity contribution in [2.24, 2.45) is 0 Å². The molecule has 0 unspecified atom stereocenters. The van der Waals surface area contributed by atoms with E-state index in [9.17, 15) is 14.4 Å². The number of aryl methyl sites for hydroxylation is 1. The number of ether oxygens (including phenoxy) is 2. The smallest absolute Gasteiger partial charge is 0.408 e. The number of carbonyl (C=O) groups is 3. The number of thiophene rings is 1. The van der Waals surface area contributed by atoms with Gasteiger partial charge in [-0.1, -0.05) is 42.5 Å². The Morgan fingerprint density at radius 1 is 0.950 bits per heavy atom. The summed E-state index contributed by atoms with van der Waals surface area (Å²) in [6.07, 6.45) is 3.98. The zero-order chi connectivity index (χ0) is 29.0. The van der Waals surface area contributed by atoms with Crippen LogP contribution in [0, 0.1) is 0 Å². The molecule has 0 fully saturated rings. The fourth-order valence-corrected chi connectivity index (χ4v) is 4.57. The number of nitrogens with one attached hydrogen (secondary N) is 3. The average Bonchev–Trinajstić information content (AvgIpc) is 3.43. The molecule has 0 aliphatic carbocycles. The first kappa shape index (κ1) is 30.4. The predicted octanol–water partition coefficient (Wildman–Crippen LogP) is 5.51. The molecule has 1 heterocycles. The van der Waals surface area contributed by atoms with Crippen molar-refractivity contribution in [1.29, 1.82) is 0 Å². The van der Waals surface area contributed by atoms with Crippen LogP contribution in [-0.2, 0) is 27.2 Å². The molecule has 212 valence electrons. The molecule has 3 aromatic rings. The molecule has 0 radical (unpaired) electrons. The van der Waals surface area contributed by atoms with Crippen LogP contribution in [0.1, 0.15) is 37.6 Å². The predicted molar refractivity (Wildman–Crippen MR) is 159 cm³/mol. The topological polar surface area (TPSA) is 106 Å². The van der Waals surface area contributed by atoms with Gasteiger partial charge in [0.25, 0.3) is 0 Å². The van der Waals surface area contributed by atoms with E-state index in [0.29, 0.717) is 30.7 Å². The van der Waals surface area contributed by atoms with Gasteiger partial charge >= 0.3 is 6.09 Å². The van der Waals surface area contributed by atoms with E-state index in [-0.39, 0.29) is 11.8 Å². The van der Waals surface area contributed by atoms with Crippen molar-refractivity contribution in [2.45, 2.75) is 57.7 Å². The minimum atomic E-state index is -0.853. The lowest BCUT2D eigenvalue weighted by Crippen LogP contribution is -2.51. The molecule has 8 nitrogen and oxygen atoms in total. The second kappa shape index (κ2) is 14.9. The van der Waals surface area contributed by atoms with Crippen LogP contribution >= 0.6 is 11.3 Å². The maximum atomic E-state index is 13.5. The van der Waals surface area contributed by atoms with Crippen molar-refractivity contribution in [3.8, 4) is 5.75 Å². The van der Waals surface area contributed by atoms with E-state index in [0.717, 1.165) is 10.4 Å². The summed E-state index contributed by atoms with van der Waals surface area (Å²) < 4.78 is 10.5. The Hall–Kier alpha value is -4.11. The van der Waals surface area contributed by atoms with Gasteiger partial charge < -0.3 is 25.4 Å². The molecule has 0 spiro atoms. The number of hydrogen-bond donors (Lipinski definition) is 3. The normalized spacial score (nSPS) is 12.8. The Bertz CT molecular complexity index is 1250. The summed E-state index contributed by atoms with van der Waals surface area (Å²) >= 11 is 1.51. The quantitative estimate of drug-likeness (QED) is 0.252. The molecule has 3 amide bonds. The van der Waals surface area contributed by atoms with E-state index in [1.807, 2.05) is 47.8 Å². The Balaban J connectivity index is 1.73. The molecule has 0 saturated heterocycles. The van der Waals surface area contributed by atoms with Crippen molar-refractivity contribution in [1.82, 2.24) is 10.6 Å². The molecule has 2 aromatic carbocycles. The standard InChI is InChI=1S/C31H37N3O5S/c1-31(2,3)39-30(37)34-27(21-26-11-8-20-40-26)29(36)33-24(13-12-22-9-6-5-7-10-22)16-19-28(35)32-23-14-17-25(38-4)18-15-23/h5-11,14-20,24,27H,12-13,21H2,1-4H3,(H,32,35)(H,33,36)(H,34,37)/b19-16+/t24-,27-/m0/s1. The van der Waals surface area contributed by atoms with Crippen LogP contribution in [-0.4, -0.2) is 42.7 Å². The molecule has 9 heteroatoms. The monoisotopic (exact) mass is 563 g/mol. The summed E-state index contributed by atoms with van der Waals surface area (Å²) in [6, 6.07) is 19.4. The van der Waals surface area contributed by atoms with Crippen molar-refractivity contribution < 1.29 is 23.9 Å². The van der Waals surface area contributed by atoms with Crippen LogP contribution in [0.5, 0.6) is 5.75 Å². The molecule has 0 aliphatic heterocycles. The third-order valence-corrected chi connectivity index (χ3v) is 6.64. The van der Waals surface area contributed by atoms with E-state index in [2.05, 4.69) is 16.0 Å². The summed E-state index contributed by atoms with van der Waals surface area (Å²) in [5.74, 6) is -0.00185. The number of anilines is 1. The number of carbonyl (C=O) groups excluding carboxylic acids is 3. The van der Waals surface area contributed by atoms with Gasteiger partial charge in [0, 0.05) is 29.1 Å². The van der Waals surface area contributed by atoms with Gasteiger partial charge in [0.15, 0.2) is 0 Å². The molecule has 3 N–H and O–H groups in total. The summed E-state index contributed by atoms with van der Waals surface area (Å²) in [5.41, 5.74) is 1.03. The molecular formula is C31H37N3O5S. The van der Waals surface area contributed by atoms with Gasteiger partial charge in [0.1, 0.15) is 17.4 Å². The molecule has 40 heavy (non-hydrogen) atoms. The first-order valence-corrected chi connectivity index (χ1v) is 14.0. The van der Waals surface area contributed by atoms with Gasteiger partial charge in [-0.05, 0) is 74.9 Å². The van der Waals surface area contributed by atoms with Gasteiger partial charge in [-0.25, -0.2) is 4.79 Å². The van der Waals surface area contributed by atoms with Crippen molar-refractivity contribution in [2.75, 3.05) is 12.4 Å². The second-order valence-corrected chi connectivity index (χ2v) is 11.2. The highest BCUT2D eigenvalue weighted by Gasteiger charge is 2.26. The van der Waals surface area contributed by atoms with E-state index >= 15 is 0 Å². The highest BCUT2D eigenvalue weighted by molar-refractivity contribution is 7.09. The van der Waals surface area contributed by atoms with Crippen LogP contribution in [0.25, 0.3) is 0 Å². The molecule has 3 rings (SSSR count). The Morgan fingerprint density at radius 2 is 1.68 bits per heavy atom. The van der Waals surface area contributed by atoms with E-state index in [4.69, 9.17) is 9.47 Å².